The number of anilines is 2. The van der Waals surface area contributed by atoms with Gasteiger partial charge in [-0.05, 0) is 42.5 Å². The summed E-state index contributed by atoms with van der Waals surface area (Å²) in [6.45, 7) is 0. The lowest BCUT2D eigenvalue weighted by atomic mass is 10.3. The van der Waals surface area contributed by atoms with Crippen molar-refractivity contribution in [2.24, 2.45) is 0 Å². The Morgan fingerprint density at radius 3 is 2.65 bits per heavy atom. The predicted octanol–water partition coefficient (Wildman–Crippen LogP) is 3.48. The molecule has 1 saturated heterocycles. The molecule has 26 heavy (non-hydrogen) atoms. The minimum Gasteiger partial charge on any atom is -0.325 e. The molecule has 0 aliphatic carbocycles. The zero-order valence-electron chi connectivity index (χ0n) is 13.4. The average molecular weight is 393 g/mol. The Morgan fingerprint density at radius 2 is 1.96 bits per heavy atom. The van der Waals surface area contributed by atoms with Gasteiger partial charge in [0.1, 0.15) is 5.82 Å². The van der Waals surface area contributed by atoms with Crippen molar-refractivity contribution >= 4 is 52.5 Å². The summed E-state index contributed by atoms with van der Waals surface area (Å²) in [5, 5.41) is 2.44. The molecule has 3 rings (SSSR count). The Hall–Kier alpha value is -2.38. The fourth-order valence-electron chi connectivity index (χ4n) is 2.54. The molecule has 1 atom stereocenters. The first-order valence-electron chi connectivity index (χ1n) is 7.73. The minimum atomic E-state index is -0.628. The predicted molar refractivity (Wildman–Crippen MR) is 99.8 cm³/mol. The number of imide groups is 1. The Bertz CT molecular complexity index is 860. The molecule has 2 aromatic carbocycles. The van der Waals surface area contributed by atoms with Crippen LogP contribution in [0, 0.1) is 5.82 Å². The number of amides is 3. The van der Waals surface area contributed by atoms with Crippen LogP contribution in [0.2, 0.25) is 5.02 Å². The van der Waals surface area contributed by atoms with E-state index >= 15 is 0 Å². The molecule has 0 radical (unpaired) electrons. The van der Waals surface area contributed by atoms with E-state index in [1.165, 1.54) is 18.2 Å². The number of nitrogens with one attached hydrogen (secondary N) is 1. The highest BCUT2D eigenvalue weighted by Gasteiger charge is 2.40. The Kier molecular flexibility index (Phi) is 5.58. The van der Waals surface area contributed by atoms with Crippen LogP contribution in [0.15, 0.2) is 48.5 Å². The van der Waals surface area contributed by atoms with Crippen LogP contribution in [0.4, 0.5) is 15.8 Å². The van der Waals surface area contributed by atoms with Gasteiger partial charge in [0.25, 0.3) is 0 Å². The van der Waals surface area contributed by atoms with Crippen LogP contribution in [0.25, 0.3) is 0 Å². The van der Waals surface area contributed by atoms with Gasteiger partial charge in [-0.3, -0.25) is 14.4 Å². The summed E-state index contributed by atoms with van der Waals surface area (Å²) in [5.74, 6) is -1.52. The molecule has 1 aliphatic heterocycles. The summed E-state index contributed by atoms with van der Waals surface area (Å²) < 4.78 is 13.1. The van der Waals surface area contributed by atoms with Gasteiger partial charge in [-0.15, -0.1) is 11.8 Å². The van der Waals surface area contributed by atoms with Crippen molar-refractivity contribution in [3.8, 4) is 0 Å². The second-order valence-corrected chi connectivity index (χ2v) is 7.23. The van der Waals surface area contributed by atoms with Crippen molar-refractivity contribution in [2.45, 2.75) is 11.7 Å². The van der Waals surface area contributed by atoms with Crippen molar-refractivity contribution in [2.75, 3.05) is 16.0 Å². The minimum absolute atomic E-state index is 0.0192. The SMILES string of the molecule is O=C(CS[C@H]1CC(=O)N(c2ccc(Cl)cc2)C1=O)Nc1cccc(F)c1. The summed E-state index contributed by atoms with van der Waals surface area (Å²) in [6.07, 6.45) is 0.0272. The first-order valence-corrected chi connectivity index (χ1v) is 9.16. The topological polar surface area (TPSA) is 66.5 Å². The highest BCUT2D eigenvalue weighted by atomic mass is 35.5. The maximum absolute atomic E-state index is 13.1. The fraction of sp³-hybridized carbons (Fsp3) is 0.167. The molecule has 0 aromatic heterocycles. The molecule has 1 N–H and O–H groups in total. The monoisotopic (exact) mass is 392 g/mol. The largest absolute Gasteiger partial charge is 0.325 e. The summed E-state index contributed by atoms with van der Waals surface area (Å²) in [6, 6.07) is 11.9. The lowest BCUT2D eigenvalue weighted by molar-refractivity contribution is -0.121. The number of hydrogen-bond donors (Lipinski definition) is 1. The first-order chi connectivity index (χ1) is 12.4. The van der Waals surface area contributed by atoms with Gasteiger partial charge >= 0.3 is 0 Å². The number of benzene rings is 2. The molecule has 134 valence electrons. The van der Waals surface area contributed by atoms with Crippen molar-refractivity contribution in [3.05, 3.63) is 59.4 Å². The van der Waals surface area contributed by atoms with Crippen LogP contribution in [0.1, 0.15) is 6.42 Å². The second kappa shape index (κ2) is 7.88. The second-order valence-electron chi connectivity index (χ2n) is 5.61. The summed E-state index contributed by atoms with van der Waals surface area (Å²) in [5.41, 5.74) is 0.795. The van der Waals surface area contributed by atoms with Crippen molar-refractivity contribution in [1.29, 1.82) is 0 Å². The number of thioether (sulfide) groups is 1. The van der Waals surface area contributed by atoms with E-state index in [0.29, 0.717) is 16.4 Å². The van der Waals surface area contributed by atoms with E-state index in [-0.39, 0.29) is 29.9 Å². The molecule has 0 unspecified atom stereocenters. The van der Waals surface area contributed by atoms with Crippen molar-refractivity contribution < 1.29 is 18.8 Å². The van der Waals surface area contributed by atoms with E-state index in [0.717, 1.165) is 16.7 Å². The van der Waals surface area contributed by atoms with Gasteiger partial charge in [0.05, 0.1) is 16.7 Å². The number of nitrogens with zero attached hydrogens (tertiary/aromatic N) is 1. The fourth-order valence-corrected chi connectivity index (χ4v) is 3.59. The first kappa shape index (κ1) is 18.4. The van der Waals surface area contributed by atoms with Crippen LogP contribution < -0.4 is 10.2 Å². The van der Waals surface area contributed by atoms with Crippen LogP contribution >= 0.6 is 23.4 Å². The van der Waals surface area contributed by atoms with E-state index in [1.807, 2.05) is 0 Å². The van der Waals surface area contributed by atoms with Gasteiger partial charge < -0.3 is 5.32 Å². The van der Waals surface area contributed by atoms with Gasteiger partial charge in [-0.2, -0.15) is 0 Å². The molecular formula is C18H14ClFN2O3S. The summed E-state index contributed by atoms with van der Waals surface area (Å²) in [7, 11) is 0. The number of rotatable bonds is 5. The number of halogens is 2. The third-order valence-corrected chi connectivity index (χ3v) is 5.17. The number of carbonyl (C=O) groups excluding carboxylic acids is 3. The normalized spacial score (nSPS) is 16.8. The van der Waals surface area contributed by atoms with Gasteiger partial charge in [0, 0.05) is 17.1 Å². The zero-order chi connectivity index (χ0) is 18.7. The lowest BCUT2D eigenvalue weighted by Crippen LogP contribution is -2.31. The molecule has 1 aliphatic rings. The van der Waals surface area contributed by atoms with Gasteiger partial charge in [-0.25, -0.2) is 9.29 Å². The lowest BCUT2D eigenvalue weighted by Gasteiger charge is -2.15. The highest BCUT2D eigenvalue weighted by molar-refractivity contribution is 8.01. The van der Waals surface area contributed by atoms with Gasteiger partial charge in [0.15, 0.2) is 0 Å². The van der Waals surface area contributed by atoms with E-state index < -0.39 is 11.1 Å². The third-order valence-electron chi connectivity index (χ3n) is 3.71. The molecular weight excluding hydrogens is 379 g/mol. The maximum atomic E-state index is 13.1. The van der Waals surface area contributed by atoms with Crippen molar-refractivity contribution in [3.63, 3.8) is 0 Å². The van der Waals surface area contributed by atoms with E-state index in [2.05, 4.69) is 5.32 Å². The van der Waals surface area contributed by atoms with Crippen LogP contribution in [0.5, 0.6) is 0 Å². The maximum Gasteiger partial charge on any atom is 0.247 e. The van der Waals surface area contributed by atoms with Crippen LogP contribution in [0.3, 0.4) is 0 Å². The summed E-state index contributed by atoms with van der Waals surface area (Å²) in [4.78, 5) is 37.7. The molecule has 2 aromatic rings. The van der Waals surface area contributed by atoms with Crippen molar-refractivity contribution in [1.82, 2.24) is 0 Å². The quantitative estimate of drug-likeness (QED) is 0.791. The van der Waals surface area contributed by atoms with E-state index in [4.69, 9.17) is 11.6 Å². The molecule has 5 nitrogen and oxygen atoms in total. The Morgan fingerprint density at radius 1 is 1.23 bits per heavy atom. The molecule has 1 fully saturated rings. The summed E-state index contributed by atoms with van der Waals surface area (Å²) >= 11 is 6.91. The number of hydrogen-bond acceptors (Lipinski definition) is 4. The van der Waals surface area contributed by atoms with Crippen LogP contribution in [-0.4, -0.2) is 28.7 Å². The highest BCUT2D eigenvalue weighted by Crippen LogP contribution is 2.30. The third kappa shape index (κ3) is 4.23. The molecule has 0 spiro atoms. The Balaban J connectivity index is 1.59. The molecule has 3 amide bonds. The molecule has 8 heteroatoms. The standard InChI is InChI=1S/C18H14ClFN2O3S/c19-11-4-6-14(7-5-11)22-17(24)9-15(18(22)25)26-10-16(23)21-13-3-1-2-12(20)8-13/h1-8,15H,9-10H2,(H,21,23)/t15-/m0/s1. The molecule has 1 heterocycles. The molecule has 0 saturated carbocycles. The Labute approximate surface area is 158 Å². The number of carbonyl (C=O) groups is 3. The van der Waals surface area contributed by atoms with Crippen LogP contribution in [-0.2, 0) is 14.4 Å². The average Bonchev–Trinajstić information content (AvgIpc) is 2.88. The van der Waals surface area contributed by atoms with Gasteiger partial charge in [-0.1, -0.05) is 17.7 Å². The zero-order valence-corrected chi connectivity index (χ0v) is 15.0. The smallest absolute Gasteiger partial charge is 0.247 e. The van der Waals surface area contributed by atoms with Gasteiger partial charge in [0.2, 0.25) is 17.7 Å². The van der Waals surface area contributed by atoms with E-state index in [1.54, 1.807) is 30.3 Å². The van der Waals surface area contributed by atoms with E-state index in [9.17, 15) is 18.8 Å². The molecule has 0 bridgehead atoms.